The van der Waals surface area contributed by atoms with Crippen LogP contribution in [-0.4, -0.2) is 77.7 Å². The highest BCUT2D eigenvalue weighted by Crippen LogP contribution is 2.53. The zero-order valence-corrected chi connectivity index (χ0v) is 27.1. The standard InChI is InChI=1S/C36H40ClN3O7/c1-23-12-10-15-25(37)31(23)39-20-11-18-36-30(34(44)40(32(36)35(39)45)19-8-3-9-21-41)29-27(47-36)16-6-7-17-28(42)46-22-26(38-33(29)43)24-13-4-2-5-14-24/h2,4-6,10-16,18,26-27,29-30,32,41H,3,7-9,17,19-22H2,1H3,(H,38,43)/b16-6-/t26-,27+,29-,30-,32+,36-/m1/s1. The summed E-state index contributed by atoms with van der Waals surface area (Å²) in [6.45, 7) is 2.31. The van der Waals surface area contributed by atoms with E-state index in [4.69, 9.17) is 21.1 Å². The van der Waals surface area contributed by atoms with Crippen molar-refractivity contribution in [3.63, 3.8) is 0 Å². The lowest BCUT2D eigenvalue weighted by molar-refractivity contribution is -0.146. The van der Waals surface area contributed by atoms with Crippen LogP contribution >= 0.6 is 11.6 Å². The SMILES string of the molecule is Cc1cccc(Cl)c1N1CC=C[C@@]23O[C@H]4/C=C\CCC(=O)OC[C@H](c5ccccc5)NC(=O)[C@H]4[C@@H]2C(=O)N(CCCCCO)[C@H]3C1=O. The number of amides is 3. The Labute approximate surface area is 279 Å². The number of cyclic esters (lactones) is 1. The molecular formula is C36H40ClN3O7. The summed E-state index contributed by atoms with van der Waals surface area (Å²) in [5.41, 5.74) is 0.698. The van der Waals surface area contributed by atoms with Gasteiger partial charge in [-0.2, -0.15) is 0 Å². The lowest BCUT2D eigenvalue weighted by Crippen LogP contribution is -2.55. The van der Waals surface area contributed by atoms with Gasteiger partial charge in [-0.15, -0.1) is 0 Å². The van der Waals surface area contributed by atoms with Crippen molar-refractivity contribution >= 4 is 41.0 Å². The normalized spacial score (nSPS) is 30.0. The maximum Gasteiger partial charge on any atom is 0.306 e. The van der Waals surface area contributed by atoms with Gasteiger partial charge in [-0.05, 0) is 49.8 Å². The number of allylic oxidation sites excluding steroid dienone is 1. The monoisotopic (exact) mass is 661 g/mol. The smallest absolute Gasteiger partial charge is 0.306 e. The molecule has 0 saturated carbocycles. The first-order chi connectivity index (χ1) is 22.8. The molecule has 0 aromatic heterocycles. The zero-order chi connectivity index (χ0) is 33.1. The molecule has 3 amide bonds. The van der Waals surface area contributed by atoms with Crippen molar-refractivity contribution in [3.05, 3.63) is 89.0 Å². The molecule has 4 aliphatic heterocycles. The number of anilines is 1. The number of aryl methyl sites for hydroxylation is 1. The van der Waals surface area contributed by atoms with Crippen LogP contribution in [0.15, 0.2) is 72.8 Å². The predicted molar refractivity (Wildman–Crippen MR) is 175 cm³/mol. The summed E-state index contributed by atoms with van der Waals surface area (Å²) in [6, 6.07) is 13.0. The molecule has 4 heterocycles. The van der Waals surface area contributed by atoms with E-state index in [9.17, 15) is 24.3 Å². The van der Waals surface area contributed by atoms with E-state index in [0.29, 0.717) is 36.4 Å². The van der Waals surface area contributed by atoms with E-state index in [1.165, 1.54) is 0 Å². The van der Waals surface area contributed by atoms with E-state index >= 15 is 0 Å². The summed E-state index contributed by atoms with van der Waals surface area (Å²) in [4.78, 5) is 59.4. The Morgan fingerprint density at radius 3 is 2.57 bits per heavy atom. The van der Waals surface area contributed by atoms with Gasteiger partial charge in [0.25, 0.3) is 5.91 Å². The summed E-state index contributed by atoms with van der Waals surface area (Å²) in [6.07, 6.45) is 8.60. The Bertz CT molecular complexity index is 1560. The Morgan fingerprint density at radius 2 is 1.81 bits per heavy atom. The largest absolute Gasteiger partial charge is 0.463 e. The number of unbranched alkanes of at least 4 members (excludes halogenated alkanes) is 2. The third kappa shape index (κ3) is 6.22. The number of carbonyl (C=O) groups excluding carboxylic acids is 4. The van der Waals surface area contributed by atoms with Crippen molar-refractivity contribution in [2.24, 2.45) is 11.8 Å². The highest BCUT2D eigenvalue weighted by Gasteiger charge is 2.71. The first kappa shape index (κ1) is 32.9. The number of fused-ring (bicyclic) bond motifs is 2. The van der Waals surface area contributed by atoms with Crippen molar-refractivity contribution < 1.29 is 33.8 Å². The van der Waals surface area contributed by atoms with Gasteiger partial charge in [-0.1, -0.05) is 78.4 Å². The number of para-hydroxylation sites is 1. The third-order valence-corrected chi connectivity index (χ3v) is 9.89. The number of nitrogens with one attached hydrogen (secondary N) is 1. The first-order valence-electron chi connectivity index (χ1n) is 16.3. The maximum absolute atomic E-state index is 14.8. The molecule has 2 saturated heterocycles. The highest BCUT2D eigenvalue weighted by atomic mass is 35.5. The van der Waals surface area contributed by atoms with Crippen LogP contribution in [0.3, 0.4) is 0 Å². The minimum atomic E-state index is -1.43. The van der Waals surface area contributed by atoms with Gasteiger partial charge in [0.05, 0.1) is 34.7 Å². The second-order valence-corrected chi connectivity index (χ2v) is 12.9. The number of likely N-dealkylation sites (tertiary alicyclic amines) is 1. The van der Waals surface area contributed by atoms with E-state index in [-0.39, 0.29) is 50.5 Å². The Morgan fingerprint density at radius 1 is 1.00 bits per heavy atom. The Kier molecular flexibility index (Phi) is 9.82. The number of hydrogen-bond acceptors (Lipinski definition) is 7. The average Bonchev–Trinajstić information content (AvgIpc) is 3.44. The molecule has 0 aliphatic carbocycles. The lowest BCUT2D eigenvalue weighted by Gasteiger charge is -2.36. The fourth-order valence-corrected chi connectivity index (χ4v) is 7.74. The number of halogens is 1. The number of nitrogens with zero attached hydrogens (tertiary/aromatic N) is 2. The summed E-state index contributed by atoms with van der Waals surface area (Å²) >= 11 is 6.65. The van der Waals surface area contributed by atoms with Gasteiger partial charge in [-0.3, -0.25) is 19.2 Å². The molecular weight excluding hydrogens is 622 g/mol. The van der Waals surface area contributed by atoms with Crippen LogP contribution in [0.25, 0.3) is 0 Å². The molecule has 2 fully saturated rings. The van der Waals surface area contributed by atoms with Crippen LogP contribution in [-0.2, 0) is 28.7 Å². The van der Waals surface area contributed by atoms with Gasteiger partial charge in [0.15, 0.2) is 0 Å². The predicted octanol–water partition coefficient (Wildman–Crippen LogP) is 4.05. The van der Waals surface area contributed by atoms with Gasteiger partial charge in [0, 0.05) is 26.1 Å². The van der Waals surface area contributed by atoms with Crippen LogP contribution in [0.5, 0.6) is 0 Å². The number of aliphatic hydroxyl groups is 1. The molecule has 6 rings (SSSR count). The summed E-state index contributed by atoms with van der Waals surface area (Å²) in [5.74, 6) is -3.44. The minimum Gasteiger partial charge on any atom is -0.463 e. The Hall–Kier alpha value is -3.99. The molecule has 11 heteroatoms. The minimum absolute atomic E-state index is 0.0302. The van der Waals surface area contributed by atoms with Crippen molar-refractivity contribution in [1.82, 2.24) is 10.2 Å². The van der Waals surface area contributed by atoms with Crippen LogP contribution in [0.4, 0.5) is 5.69 Å². The van der Waals surface area contributed by atoms with Crippen LogP contribution < -0.4 is 10.2 Å². The molecule has 10 nitrogen and oxygen atoms in total. The molecule has 0 unspecified atom stereocenters. The molecule has 248 valence electrons. The van der Waals surface area contributed by atoms with Crippen molar-refractivity contribution in [2.45, 2.75) is 62.8 Å². The van der Waals surface area contributed by atoms with Gasteiger partial charge in [0.1, 0.15) is 18.2 Å². The van der Waals surface area contributed by atoms with Gasteiger partial charge < -0.3 is 29.7 Å². The van der Waals surface area contributed by atoms with Crippen LogP contribution in [0.2, 0.25) is 5.02 Å². The number of rotatable bonds is 7. The number of aliphatic hydroxyl groups excluding tert-OH is 1. The molecule has 2 aromatic rings. The second kappa shape index (κ2) is 14.0. The van der Waals surface area contributed by atoms with E-state index in [0.717, 1.165) is 11.1 Å². The molecule has 47 heavy (non-hydrogen) atoms. The van der Waals surface area contributed by atoms with Crippen molar-refractivity contribution in [3.8, 4) is 0 Å². The van der Waals surface area contributed by atoms with Gasteiger partial charge in [-0.25, -0.2) is 0 Å². The number of carbonyl (C=O) groups is 4. The van der Waals surface area contributed by atoms with Gasteiger partial charge in [0.2, 0.25) is 11.8 Å². The number of ether oxygens (including phenoxy) is 2. The summed E-state index contributed by atoms with van der Waals surface area (Å²) in [7, 11) is 0. The van der Waals surface area contributed by atoms with Crippen LogP contribution in [0, 0.1) is 18.8 Å². The van der Waals surface area contributed by atoms with E-state index in [1.54, 1.807) is 34.1 Å². The molecule has 2 aromatic carbocycles. The van der Waals surface area contributed by atoms with Gasteiger partial charge >= 0.3 is 5.97 Å². The zero-order valence-electron chi connectivity index (χ0n) is 26.3. The molecule has 1 spiro atoms. The molecule has 0 radical (unpaired) electrons. The fraction of sp³-hybridized carbons (Fsp3) is 0.444. The van der Waals surface area contributed by atoms with Crippen molar-refractivity contribution in [2.75, 3.05) is 31.2 Å². The van der Waals surface area contributed by atoms with Crippen molar-refractivity contribution in [1.29, 1.82) is 0 Å². The maximum atomic E-state index is 14.8. The van der Waals surface area contributed by atoms with Crippen LogP contribution in [0.1, 0.15) is 49.3 Å². The molecule has 6 atom stereocenters. The second-order valence-electron chi connectivity index (χ2n) is 12.5. The lowest BCUT2D eigenvalue weighted by atomic mass is 9.77. The Balaban J connectivity index is 1.42. The first-order valence-corrected chi connectivity index (χ1v) is 16.7. The topological polar surface area (TPSA) is 125 Å². The van der Waals surface area contributed by atoms with E-state index < -0.39 is 41.5 Å². The highest BCUT2D eigenvalue weighted by molar-refractivity contribution is 6.34. The number of hydrogen-bond donors (Lipinski definition) is 2. The number of esters is 1. The van der Waals surface area contributed by atoms with E-state index in [2.05, 4.69) is 5.32 Å². The summed E-state index contributed by atoms with van der Waals surface area (Å²) in [5, 5.41) is 12.8. The third-order valence-electron chi connectivity index (χ3n) is 9.58. The molecule has 4 aliphatic rings. The van der Waals surface area contributed by atoms with E-state index in [1.807, 2.05) is 55.5 Å². The molecule has 0 bridgehead atoms. The number of benzene rings is 2. The fourth-order valence-electron chi connectivity index (χ4n) is 7.41. The average molecular weight is 662 g/mol. The summed E-state index contributed by atoms with van der Waals surface area (Å²) < 4.78 is 12.3. The quantitative estimate of drug-likeness (QED) is 0.261. The molecule has 2 N–H and O–H groups in total.